The second-order valence-corrected chi connectivity index (χ2v) is 5.98. The Morgan fingerprint density at radius 3 is 2.68 bits per heavy atom. The van der Waals surface area contributed by atoms with E-state index < -0.39 is 6.10 Å². The summed E-state index contributed by atoms with van der Waals surface area (Å²) < 4.78 is 2.69. The van der Waals surface area contributed by atoms with E-state index in [-0.39, 0.29) is 0 Å². The third kappa shape index (κ3) is 3.02. The molecule has 0 bridgehead atoms. The second kappa shape index (κ2) is 5.65. The number of hydrogen-bond acceptors (Lipinski definition) is 2. The van der Waals surface area contributed by atoms with Gasteiger partial charge in [-0.15, -0.1) is 0 Å². The SMILES string of the molecule is Cc1ccc(Br)cc1C(O)Cc1c(Cl)c(C)nn1C. The molecule has 2 aromatic rings. The van der Waals surface area contributed by atoms with Crippen LogP contribution in [-0.2, 0) is 13.5 Å². The Morgan fingerprint density at radius 1 is 1.42 bits per heavy atom. The Labute approximate surface area is 126 Å². The summed E-state index contributed by atoms with van der Waals surface area (Å²) >= 11 is 9.64. The van der Waals surface area contributed by atoms with Gasteiger partial charge in [-0.25, -0.2) is 0 Å². The molecule has 2 rings (SSSR count). The van der Waals surface area contributed by atoms with E-state index in [1.165, 1.54) is 0 Å². The van der Waals surface area contributed by atoms with E-state index in [2.05, 4.69) is 21.0 Å². The lowest BCUT2D eigenvalue weighted by atomic mass is 10.00. The van der Waals surface area contributed by atoms with Crippen LogP contribution >= 0.6 is 27.5 Å². The highest BCUT2D eigenvalue weighted by atomic mass is 79.9. The molecule has 1 atom stereocenters. The molecule has 0 aliphatic carbocycles. The van der Waals surface area contributed by atoms with E-state index in [0.29, 0.717) is 11.4 Å². The fourth-order valence-electron chi connectivity index (χ4n) is 2.17. The average Bonchev–Trinajstić information content (AvgIpc) is 2.59. The number of aliphatic hydroxyl groups is 1. The lowest BCUT2D eigenvalue weighted by Gasteiger charge is -2.14. The van der Waals surface area contributed by atoms with Gasteiger partial charge < -0.3 is 5.11 Å². The van der Waals surface area contributed by atoms with Crippen LogP contribution in [0.25, 0.3) is 0 Å². The summed E-state index contributed by atoms with van der Waals surface area (Å²) in [6.45, 7) is 3.85. The van der Waals surface area contributed by atoms with Gasteiger partial charge in [-0.2, -0.15) is 5.10 Å². The summed E-state index contributed by atoms with van der Waals surface area (Å²) in [5, 5.41) is 15.3. The summed E-state index contributed by atoms with van der Waals surface area (Å²) in [5.41, 5.74) is 3.61. The molecule has 1 aromatic heterocycles. The smallest absolute Gasteiger partial charge is 0.0848 e. The van der Waals surface area contributed by atoms with Gasteiger partial charge in [0.05, 0.1) is 22.5 Å². The van der Waals surface area contributed by atoms with Gasteiger partial charge in [-0.1, -0.05) is 33.6 Å². The lowest BCUT2D eigenvalue weighted by molar-refractivity contribution is 0.175. The summed E-state index contributed by atoms with van der Waals surface area (Å²) in [5.74, 6) is 0. The number of benzene rings is 1. The fourth-order valence-corrected chi connectivity index (χ4v) is 2.78. The van der Waals surface area contributed by atoms with Crippen LogP contribution in [0.1, 0.15) is 28.6 Å². The van der Waals surface area contributed by atoms with Crippen molar-refractivity contribution in [1.82, 2.24) is 9.78 Å². The maximum atomic E-state index is 10.4. The molecule has 0 aliphatic heterocycles. The van der Waals surface area contributed by atoms with Crippen LogP contribution < -0.4 is 0 Å². The molecule has 0 saturated heterocycles. The first-order valence-corrected chi connectivity index (χ1v) is 7.19. The van der Waals surface area contributed by atoms with Gasteiger partial charge in [0, 0.05) is 17.9 Å². The van der Waals surface area contributed by atoms with E-state index >= 15 is 0 Å². The number of rotatable bonds is 3. The molecular weight excluding hydrogens is 328 g/mol. The van der Waals surface area contributed by atoms with Crippen LogP contribution in [0.4, 0.5) is 0 Å². The Kier molecular flexibility index (Phi) is 4.33. The molecule has 102 valence electrons. The largest absolute Gasteiger partial charge is 0.388 e. The van der Waals surface area contributed by atoms with Gasteiger partial charge in [0.2, 0.25) is 0 Å². The molecule has 19 heavy (non-hydrogen) atoms. The van der Waals surface area contributed by atoms with Crippen molar-refractivity contribution in [1.29, 1.82) is 0 Å². The van der Waals surface area contributed by atoms with Crippen LogP contribution in [0.3, 0.4) is 0 Å². The van der Waals surface area contributed by atoms with Crippen LogP contribution in [-0.4, -0.2) is 14.9 Å². The Morgan fingerprint density at radius 2 is 2.11 bits per heavy atom. The minimum atomic E-state index is -0.593. The first-order valence-electron chi connectivity index (χ1n) is 6.02. The predicted molar refractivity (Wildman–Crippen MR) is 80.5 cm³/mol. The highest BCUT2D eigenvalue weighted by Gasteiger charge is 2.18. The molecule has 0 saturated carbocycles. The first-order chi connectivity index (χ1) is 8.90. The highest BCUT2D eigenvalue weighted by Crippen LogP contribution is 2.28. The van der Waals surface area contributed by atoms with Crippen molar-refractivity contribution in [3.05, 3.63) is 50.2 Å². The van der Waals surface area contributed by atoms with E-state index in [4.69, 9.17) is 11.6 Å². The molecule has 1 N–H and O–H groups in total. The zero-order valence-corrected chi connectivity index (χ0v) is 13.5. The third-order valence-electron chi connectivity index (χ3n) is 3.25. The van der Waals surface area contributed by atoms with Gasteiger partial charge in [0.15, 0.2) is 0 Å². The molecule has 1 heterocycles. The number of aromatic nitrogens is 2. The standard InChI is InChI=1S/C14H16BrClN2O/c1-8-4-5-10(15)6-11(8)13(19)7-12-14(16)9(2)17-18(12)3/h4-6,13,19H,7H2,1-3H3. The summed E-state index contributed by atoms with van der Waals surface area (Å²) in [6.07, 6.45) is -0.141. The molecule has 0 amide bonds. The zero-order chi connectivity index (χ0) is 14.2. The maximum Gasteiger partial charge on any atom is 0.0848 e. The molecule has 0 spiro atoms. The Balaban J connectivity index is 2.30. The molecule has 1 aromatic carbocycles. The number of aryl methyl sites for hydroxylation is 3. The average molecular weight is 344 g/mol. The molecule has 3 nitrogen and oxygen atoms in total. The van der Waals surface area contributed by atoms with Gasteiger partial charge in [-0.05, 0) is 37.1 Å². The molecule has 1 unspecified atom stereocenters. The highest BCUT2D eigenvalue weighted by molar-refractivity contribution is 9.10. The van der Waals surface area contributed by atoms with Crippen molar-refractivity contribution >= 4 is 27.5 Å². The van der Waals surface area contributed by atoms with E-state index in [0.717, 1.165) is 27.0 Å². The number of aliphatic hydroxyl groups excluding tert-OH is 1. The normalized spacial score (nSPS) is 12.7. The van der Waals surface area contributed by atoms with Gasteiger partial charge in [-0.3, -0.25) is 4.68 Å². The zero-order valence-electron chi connectivity index (χ0n) is 11.1. The van der Waals surface area contributed by atoms with Gasteiger partial charge in [0.1, 0.15) is 0 Å². The minimum Gasteiger partial charge on any atom is -0.388 e. The molecule has 0 radical (unpaired) electrons. The Bertz CT molecular complexity index is 610. The number of hydrogen-bond donors (Lipinski definition) is 1. The topological polar surface area (TPSA) is 38.1 Å². The van der Waals surface area contributed by atoms with Crippen molar-refractivity contribution in [2.75, 3.05) is 0 Å². The quantitative estimate of drug-likeness (QED) is 0.922. The van der Waals surface area contributed by atoms with Crippen LogP contribution in [0, 0.1) is 13.8 Å². The number of halogens is 2. The summed E-state index contributed by atoms with van der Waals surface area (Å²) in [7, 11) is 1.84. The molecule has 0 aliphatic rings. The second-order valence-electron chi connectivity index (χ2n) is 4.69. The van der Waals surface area contributed by atoms with Crippen LogP contribution in [0.15, 0.2) is 22.7 Å². The third-order valence-corrected chi connectivity index (χ3v) is 4.23. The molecule has 5 heteroatoms. The van der Waals surface area contributed by atoms with Crippen LogP contribution in [0.2, 0.25) is 5.02 Å². The van der Waals surface area contributed by atoms with Gasteiger partial charge >= 0.3 is 0 Å². The van der Waals surface area contributed by atoms with Crippen molar-refractivity contribution in [2.24, 2.45) is 7.05 Å². The first kappa shape index (κ1) is 14.6. The summed E-state index contributed by atoms with van der Waals surface area (Å²) in [6, 6.07) is 5.89. The van der Waals surface area contributed by atoms with Crippen molar-refractivity contribution in [3.63, 3.8) is 0 Å². The molecular formula is C14H16BrClN2O. The van der Waals surface area contributed by atoms with E-state index in [1.807, 2.05) is 39.1 Å². The van der Waals surface area contributed by atoms with E-state index in [9.17, 15) is 5.11 Å². The van der Waals surface area contributed by atoms with Crippen molar-refractivity contribution in [2.45, 2.75) is 26.4 Å². The summed E-state index contributed by atoms with van der Waals surface area (Å²) in [4.78, 5) is 0. The lowest BCUT2D eigenvalue weighted by Crippen LogP contribution is -2.08. The van der Waals surface area contributed by atoms with Crippen molar-refractivity contribution < 1.29 is 5.11 Å². The number of nitrogens with zero attached hydrogens (tertiary/aromatic N) is 2. The van der Waals surface area contributed by atoms with E-state index in [1.54, 1.807) is 4.68 Å². The minimum absolute atomic E-state index is 0.452. The van der Waals surface area contributed by atoms with Crippen molar-refractivity contribution in [3.8, 4) is 0 Å². The van der Waals surface area contributed by atoms with Crippen LogP contribution in [0.5, 0.6) is 0 Å². The fraction of sp³-hybridized carbons (Fsp3) is 0.357. The predicted octanol–water partition coefficient (Wildman–Crippen LogP) is 3.73. The monoisotopic (exact) mass is 342 g/mol. The molecule has 0 fully saturated rings. The Hall–Kier alpha value is -0.840. The maximum absolute atomic E-state index is 10.4. The van der Waals surface area contributed by atoms with Gasteiger partial charge in [0.25, 0.3) is 0 Å².